The van der Waals surface area contributed by atoms with Crippen molar-refractivity contribution in [3.63, 3.8) is 0 Å². The van der Waals surface area contributed by atoms with Crippen molar-refractivity contribution < 1.29 is 208 Å². The fourth-order valence-corrected chi connectivity index (χ4v) is 3.06. The quantitative estimate of drug-likeness (QED) is 0.128. The molecule has 0 saturated heterocycles. The largest absolute Gasteiger partial charge is 0.462 e. The van der Waals surface area contributed by atoms with Crippen LogP contribution in [0.2, 0.25) is 0 Å². The van der Waals surface area contributed by atoms with Gasteiger partial charge in [0.2, 0.25) is 0 Å². The van der Waals surface area contributed by atoms with Crippen molar-refractivity contribution >= 4 is 0 Å². The first kappa shape index (κ1) is 63.9. The van der Waals surface area contributed by atoms with E-state index in [9.17, 15) is 180 Å². The van der Waals surface area contributed by atoms with Gasteiger partial charge < -0.3 is 0 Å². The maximum atomic E-state index is 14.7. The Morgan fingerprint density at radius 1 is 0.209 bits per heavy atom. The second-order valence-electron chi connectivity index (χ2n) is 11.1. The molecule has 0 aromatic rings. The normalized spacial score (nSPS) is 20.9. The number of alkyl halides is 41. The van der Waals surface area contributed by atoms with Crippen LogP contribution in [0.1, 0.15) is 0 Å². The molecule has 0 aliphatic rings. The van der Waals surface area contributed by atoms with Crippen LogP contribution in [0.4, 0.5) is 180 Å². The van der Waals surface area contributed by atoms with Crippen molar-refractivity contribution in [2.75, 3.05) is 0 Å². The van der Waals surface area contributed by atoms with E-state index in [1.165, 1.54) is 4.74 Å². The summed E-state index contributed by atoms with van der Waals surface area (Å²) in [6.45, 7) is 0. The van der Waals surface area contributed by atoms with E-state index in [0.29, 0.717) is 14.2 Å². The highest BCUT2D eigenvalue weighted by atomic mass is 19.5. The summed E-state index contributed by atoms with van der Waals surface area (Å²) in [6.07, 6.45) is -124. The van der Waals surface area contributed by atoms with Crippen LogP contribution in [0.25, 0.3) is 0 Å². The van der Waals surface area contributed by atoms with Crippen molar-refractivity contribution in [3.8, 4) is 0 Å². The van der Waals surface area contributed by atoms with Gasteiger partial charge in [-0.3, -0.25) is 28.4 Å². The molecule has 0 amide bonds. The third-order valence-corrected chi connectivity index (χ3v) is 6.27. The van der Waals surface area contributed by atoms with Gasteiger partial charge in [0.1, 0.15) is 0 Å². The predicted octanol–water partition coefficient (Wildman–Crippen LogP) is 12.8. The van der Waals surface area contributed by atoms with Crippen LogP contribution in [-0.4, -0.2) is 121 Å². The molecular formula is C20HF41O6. The Kier molecular flexibility index (Phi) is 16.0. The maximum Gasteiger partial charge on any atom is 0.462 e. The maximum absolute atomic E-state index is 14.7. The summed E-state index contributed by atoms with van der Waals surface area (Å²) < 4.78 is 554. The molecule has 0 N–H and O–H groups in total. The number of rotatable bonds is 18. The zero-order chi connectivity index (χ0) is 55.3. The Hall–Kier alpha value is -3.11. The second-order valence-corrected chi connectivity index (χ2v) is 11.1. The standard InChI is InChI=1S/C20HF41O6/c21-1(2(22,23)24)62-16(52,53)4(27,10(35,36)37)64-18(56,57)6(29,12(41,42)43)66-20(60,61)8(31,14(47,48)49)67-19(58,59)7(30,13(44,45)46)65-17(54,55)5(28,11(38,39)40)63-15(50,51)3(25,26)9(32,33)34/h1H. The Balaban J connectivity index is 8.16. The third-order valence-electron chi connectivity index (χ3n) is 6.27. The first-order valence-corrected chi connectivity index (χ1v) is 13.5. The van der Waals surface area contributed by atoms with Crippen LogP contribution >= 0.6 is 0 Å². The van der Waals surface area contributed by atoms with Gasteiger partial charge in [-0.25, -0.2) is 4.39 Å². The molecule has 0 heterocycles. The molecule has 0 bridgehead atoms. The summed E-state index contributed by atoms with van der Waals surface area (Å²) in [7, 11) is 0. The van der Waals surface area contributed by atoms with Crippen molar-refractivity contribution in [2.45, 2.75) is 121 Å². The van der Waals surface area contributed by atoms with Gasteiger partial charge in [-0.2, -0.15) is 176 Å². The Labute approximate surface area is 331 Å². The lowest BCUT2D eigenvalue weighted by Gasteiger charge is -2.45. The molecule has 0 fully saturated rings. The molecule has 0 rings (SSSR count). The molecule has 0 aromatic heterocycles. The van der Waals surface area contributed by atoms with Gasteiger partial charge in [0.25, 0.3) is 6.36 Å². The third kappa shape index (κ3) is 11.0. The smallest absolute Gasteiger partial charge is 0.272 e. The Morgan fingerprint density at radius 2 is 0.373 bits per heavy atom. The van der Waals surface area contributed by atoms with Crippen LogP contribution in [-0.2, 0) is 28.4 Å². The summed E-state index contributed by atoms with van der Waals surface area (Å²) in [5, 5.41) is 0. The van der Waals surface area contributed by atoms with Gasteiger partial charge >= 0.3 is 115 Å². The highest BCUT2D eigenvalue weighted by Crippen LogP contribution is 2.63. The van der Waals surface area contributed by atoms with E-state index in [1.54, 1.807) is 0 Å². The molecule has 404 valence electrons. The minimum Gasteiger partial charge on any atom is -0.272 e. The first-order valence-electron chi connectivity index (χ1n) is 13.5. The number of hydrogen-bond donors (Lipinski definition) is 0. The highest BCUT2D eigenvalue weighted by Gasteiger charge is 2.92. The molecule has 0 aliphatic carbocycles. The molecule has 47 heteroatoms. The number of ether oxygens (including phenoxy) is 6. The summed E-state index contributed by atoms with van der Waals surface area (Å²) in [5.41, 5.74) is 0. The fourth-order valence-electron chi connectivity index (χ4n) is 3.06. The van der Waals surface area contributed by atoms with Gasteiger partial charge in [0.05, 0.1) is 0 Å². The zero-order valence-electron chi connectivity index (χ0n) is 28.0. The van der Waals surface area contributed by atoms with Crippen LogP contribution in [0, 0.1) is 0 Å². The molecule has 0 radical (unpaired) electrons. The highest BCUT2D eigenvalue weighted by molar-refractivity contribution is 5.01. The van der Waals surface area contributed by atoms with E-state index in [1.807, 2.05) is 0 Å². The van der Waals surface area contributed by atoms with Crippen LogP contribution in [0.15, 0.2) is 0 Å². The van der Waals surface area contributed by atoms with Gasteiger partial charge in [-0.1, -0.05) is 0 Å². The molecule has 67 heavy (non-hydrogen) atoms. The Bertz CT molecular complexity index is 1700. The van der Waals surface area contributed by atoms with Crippen molar-refractivity contribution in [1.29, 1.82) is 0 Å². The lowest BCUT2D eigenvalue weighted by molar-refractivity contribution is -0.604. The summed E-state index contributed by atoms with van der Waals surface area (Å²) in [6, 6.07) is 0. The average Bonchev–Trinajstić information content (AvgIpc) is 2.99. The van der Waals surface area contributed by atoms with E-state index in [-0.39, 0.29) is 0 Å². The lowest BCUT2D eigenvalue weighted by atomic mass is 10.2. The van der Waals surface area contributed by atoms with Gasteiger partial charge in [0.15, 0.2) is 0 Å². The molecule has 6 atom stereocenters. The summed E-state index contributed by atoms with van der Waals surface area (Å²) in [4.78, 5) is 0. The molecule has 0 aliphatic heterocycles. The van der Waals surface area contributed by atoms with Gasteiger partial charge in [0, 0.05) is 0 Å². The summed E-state index contributed by atoms with van der Waals surface area (Å²) >= 11 is 0. The molecule has 0 saturated carbocycles. The van der Waals surface area contributed by atoms with E-state index in [4.69, 9.17) is 0 Å². The van der Waals surface area contributed by atoms with Crippen LogP contribution in [0.5, 0.6) is 0 Å². The topological polar surface area (TPSA) is 55.4 Å². The molecule has 6 unspecified atom stereocenters. The molecular weight excluding hydrogens is 1120 g/mol. The zero-order valence-corrected chi connectivity index (χ0v) is 28.0. The van der Waals surface area contributed by atoms with E-state index in [0.717, 1.165) is 9.47 Å². The number of halogens is 41. The first-order chi connectivity index (χ1) is 28.2. The van der Waals surface area contributed by atoms with Crippen LogP contribution in [0.3, 0.4) is 0 Å². The number of hydrogen-bond acceptors (Lipinski definition) is 6. The summed E-state index contributed by atoms with van der Waals surface area (Å²) in [5.74, 6) is -56.2. The van der Waals surface area contributed by atoms with E-state index >= 15 is 0 Å². The molecule has 6 nitrogen and oxygen atoms in total. The Morgan fingerprint density at radius 3 is 0.522 bits per heavy atom. The monoisotopic (exact) mass is 1120 g/mol. The predicted molar refractivity (Wildman–Crippen MR) is 108 cm³/mol. The van der Waals surface area contributed by atoms with Gasteiger partial charge in [-0.05, 0) is 0 Å². The van der Waals surface area contributed by atoms with Crippen molar-refractivity contribution in [3.05, 3.63) is 0 Å². The van der Waals surface area contributed by atoms with Gasteiger partial charge in [-0.15, -0.1) is 0 Å². The minimum atomic E-state index is -9.84. The van der Waals surface area contributed by atoms with E-state index in [2.05, 4.69) is 0 Å². The lowest BCUT2D eigenvalue weighted by Crippen LogP contribution is -2.73. The second kappa shape index (κ2) is 16.8. The fraction of sp³-hybridized carbons (Fsp3) is 1.00. The molecule has 0 aromatic carbocycles. The average molecular weight is 1120 g/mol. The van der Waals surface area contributed by atoms with Crippen LogP contribution < -0.4 is 0 Å². The minimum absolute atomic E-state index is 0.570. The SMILES string of the molecule is FC(OC(F)(F)C(F)(OC(F)(F)C(F)(OC(F)(F)C(F)(OC(F)(F)C(F)(OC(F)(F)C(F)(OC(F)(F)C(F)(F)C(F)(F)F)C(F)(F)F)C(F)(F)F)C(F)(F)F)C(F)(F)F)C(F)(F)F)C(F)(F)F. The molecule has 0 spiro atoms. The van der Waals surface area contributed by atoms with Crippen molar-refractivity contribution in [1.82, 2.24) is 0 Å². The van der Waals surface area contributed by atoms with E-state index < -0.39 is 121 Å². The van der Waals surface area contributed by atoms with Crippen molar-refractivity contribution in [2.24, 2.45) is 0 Å².